The highest BCUT2D eigenvalue weighted by molar-refractivity contribution is 5.85. The second-order valence-corrected chi connectivity index (χ2v) is 8.87. The summed E-state index contributed by atoms with van der Waals surface area (Å²) in [5, 5.41) is 20.3. The van der Waals surface area contributed by atoms with E-state index >= 15 is 0 Å². The summed E-state index contributed by atoms with van der Waals surface area (Å²) >= 11 is 0. The Bertz CT molecular complexity index is 1780. The molecule has 194 valence electrons. The van der Waals surface area contributed by atoms with Crippen molar-refractivity contribution >= 4 is 16.9 Å². The van der Waals surface area contributed by atoms with Crippen LogP contribution in [0.5, 0.6) is 5.75 Å². The summed E-state index contributed by atoms with van der Waals surface area (Å²) in [6, 6.07) is 19.0. The Kier molecular flexibility index (Phi) is 6.48. The molecule has 0 saturated carbocycles. The molecule has 6 rings (SSSR count). The molecular weight excluding hydrogens is 496 g/mol. The van der Waals surface area contributed by atoms with Crippen LogP contribution in [0.15, 0.2) is 90.5 Å². The van der Waals surface area contributed by atoms with Crippen LogP contribution >= 0.6 is 0 Å². The lowest BCUT2D eigenvalue weighted by atomic mass is 10.1. The predicted molar refractivity (Wildman–Crippen MR) is 144 cm³/mol. The van der Waals surface area contributed by atoms with Gasteiger partial charge in [-0.05, 0) is 45.8 Å². The van der Waals surface area contributed by atoms with Gasteiger partial charge in [0.15, 0.2) is 5.65 Å². The van der Waals surface area contributed by atoms with E-state index in [2.05, 4.69) is 35.9 Å². The number of ether oxygens (including phenoxy) is 1. The van der Waals surface area contributed by atoms with E-state index in [1.807, 2.05) is 59.4 Å². The van der Waals surface area contributed by atoms with Crippen molar-refractivity contribution in [2.24, 2.45) is 0 Å². The Morgan fingerprint density at radius 1 is 0.974 bits per heavy atom. The number of hydrogen-bond acceptors (Lipinski definition) is 9. The average Bonchev–Trinajstić information content (AvgIpc) is 3.64. The smallest absolute Gasteiger partial charge is 0.250 e. The van der Waals surface area contributed by atoms with Gasteiger partial charge in [0.25, 0.3) is 5.56 Å². The van der Waals surface area contributed by atoms with E-state index in [9.17, 15) is 4.79 Å². The van der Waals surface area contributed by atoms with Crippen molar-refractivity contribution in [3.05, 3.63) is 113 Å². The summed E-state index contributed by atoms with van der Waals surface area (Å²) in [7, 11) is 1.63. The van der Waals surface area contributed by atoms with Gasteiger partial charge in [0.1, 0.15) is 24.2 Å². The third-order valence-corrected chi connectivity index (χ3v) is 6.31. The van der Waals surface area contributed by atoms with Crippen LogP contribution in [0.25, 0.3) is 16.7 Å². The standard InChI is InChI=1S/C27H24N10O2/c1-39-22-9-10-24(37-18-31-33-34-37)21(12-22)13-28-26-23-16-36(32-27(23)30-17-29-26)15-20-7-5-19(6-8-20)14-35-11-3-2-4-25(35)38/h2-12,16-18H,13-15H2,1H3,(H,28,29,30,32). The van der Waals surface area contributed by atoms with Crippen molar-refractivity contribution in [1.29, 1.82) is 0 Å². The fraction of sp³-hybridized carbons (Fsp3) is 0.148. The Hall–Kier alpha value is -5.39. The van der Waals surface area contributed by atoms with Crippen LogP contribution in [0.3, 0.4) is 0 Å². The second kappa shape index (κ2) is 10.5. The predicted octanol–water partition coefficient (Wildman–Crippen LogP) is 2.68. The molecule has 39 heavy (non-hydrogen) atoms. The van der Waals surface area contributed by atoms with Gasteiger partial charge in [-0.2, -0.15) is 5.10 Å². The molecule has 0 aliphatic carbocycles. The van der Waals surface area contributed by atoms with Crippen molar-refractivity contribution in [2.45, 2.75) is 19.6 Å². The van der Waals surface area contributed by atoms with Crippen molar-refractivity contribution in [2.75, 3.05) is 12.4 Å². The molecule has 0 radical (unpaired) electrons. The normalized spacial score (nSPS) is 11.1. The van der Waals surface area contributed by atoms with Gasteiger partial charge in [-0.1, -0.05) is 30.3 Å². The first-order chi connectivity index (χ1) is 19.2. The highest BCUT2D eigenvalue weighted by Gasteiger charge is 2.12. The van der Waals surface area contributed by atoms with Gasteiger partial charge in [-0.3, -0.25) is 9.48 Å². The lowest BCUT2D eigenvalue weighted by molar-refractivity contribution is 0.414. The second-order valence-electron chi connectivity index (χ2n) is 8.87. The largest absolute Gasteiger partial charge is 0.497 e. The minimum atomic E-state index is -0.0200. The first-order valence-corrected chi connectivity index (χ1v) is 12.2. The van der Waals surface area contributed by atoms with Gasteiger partial charge < -0.3 is 14.6 Å². The topological polar surface area (TPSA) is 130 Å². The van der Waals surface area contributed by atoms with Gasteiger partial charge in [-0.15, -0.1) is 5.10 Å². The molecule has 0 amide bonds. The number of hydrogen-bond donors (Lipinski definition) is 1. The van der Waals surface area contributed by atoms with E-state index in [0.717, 1.165) is 33.5 Å². The SMILES string of the molecule is COc1ccc(-n2cnnn2)c(CNc2ncnc3nn(Cc4ccc(Cn5ccccc5=O)cc4)cc23)c1. The van der Waals surface area contributed by atoms with E-state index in [4.69, 9.17) is 4.74 Å². The molecule has 0 spiro atoms. The van der Waals surface area contributed by atoms with E-state index < -0.39 is 0 Å². The van der Waals surface area contributed by atoms with E-state index in [1.54, 1.807) is 41.0 Å². The maximum Gasteiger partial charge on any atom is 0.250 e. The minimum Gasteiger partial charge on any atom is -0.497 e. The molecule has 0 aliphatic heterocycles. The monoisotopic (exact) mass is 520 g/mol. The number of nitrogens with one attached hydrogen (secondary N) is 1. The maximum atomic E-state index is 12.0. The minimum absolute atomic E-state index is 0.0200. The third-order valence-electron chi connectivity index (χ3n) is 6.31. The third kappa shape index (κ3) is 5.21. The summed E-state index contributed by atoms with van der Waals surface area (Å²) < 4.78 is 10.5. The number of pyridine rings is 1. The molecule has 0 atom stereocenters. The molecule has 12 heteroatoms. The van der Waals surface area contributed by atoms with Crippen LogP contribution in [0, 0.1) is 0 Å². The Labute approximate surface area is 222 Å². The molecule has 6 aromatic rings. The number of rotatable bonds is 9. The summed E-state index contributed by atoms with van der Waals surface area (Å²) in [6.07, 6.45) is 6.77. The summed E-state index contributed by atoms with van der Waals surface area (Å²) in [4.78, 5) is 20.8. The zero-order valence-electron chi connectivity index (χ0n) is 21.0. The highest BCUT2D eigenvalue weighted by Crippen LogP contribution is 2.24. The Balaban J connectivity index is 1.19. The lowest BCUT2D eigenvalue weighted by Gasteiger charge is -2.12. The van der Waals surface area contributed by atoms with Crippen LogP contribution in [-0.4, -0.2) is 51.6 Å². The molecule has 1 N–H and O–H groups in total. The molecule has 12 nitrogen and oxygen atoms in total. The van der Waals surface area contributed by atoms with Crippen molar-refractivity contribution < 1.29 is 4.74 Å². The lowest BCUT2D eigenvalue weighted by Crippen LogP contribution is -2.18. The number of benzene rings is 2. The van der Waals surface area contributed by atoms with E-state index in [-0.39, 0.29) is 5.56 Å². The molecule has 0 saturated heterocycles. The zero-order chi connectivity index (χ0) is 26.6. The van der Waals surface area contributed by atoms with Crippen LogP contribution in [0.1, 0.15) is 16.7 Å². The van der Waals surface area contributed by atoms with Crippen LogP contribution in [-0.2, 0) is 19.6 Å². The first-order valence-electron chi connectivity index (χ1n) is 12.2. The zero-order valence-corrected chi connectivity index (χ0v) is 21.0. The van der Waals surface area contributed by atoms with Gasteiger partial charge in [0.05, 0.1) is 31.3 Å². The number of aromatic nitrogens is 9. The van der Waals surface area contributed by atoms with Crippen molar-refractivity contribution in [3.63, 3.8) is 0 Å². The number of tetrazole rings is 1. The molecule has 0 aliphatic rings. The van der Waals surface area contributed by atoms with E-state index in [1.165, 1.54) is 6.33 Å². The number of methoxy groups -OCH3 is 1. The fourth-order valence-corrected chi connectivity index (χ4v) is 4.34. The Morgan fingerprint density at radius 3 is 2.59 bits per heavy atom. The molecule has 0 fully saturated rings. The van der Waals surface area contributed by atoms with Crippen LogP contribution in [0.2, 0.25) is 0 Å². The van der Waals surface area contributed by atoms with Gasteiger partial charge in [0.2, 0.25) is 0 Å². The molecule has 4 aromatic heterocycles. The first kappa shape index (κ1) is 24.0. The molecule has 2 aromatic carbocycles. The number of anilines is 1. The summed E-state index contributed by atoms with van der Waals surface area (Å²) in [5.41, 5.74) is 4.46. The summed E-state index contributed by atoms with van der Waals surface area (Å²) in [6.45, 7) is 1.55. The van der Waals surface area contributed by atoms with Gasteiger partial charge in [0, 0.05) is 30.6 Å². The molecule has 0 bridgehead atoms. The highest BCUT2D eigenvalue weighted by atomic mass is 16.5. The van der Waals surface area contributed by atoms with Crippen LogP contribution in [0.4, 0.5) is 5.82 Å². The number of fused-ring (bicyclic) bond motifs is 1. The molecular formula is C27H24N10O2. The quantitative estimate of drug-likeness (QED) is 0.306. The molecule has 4 heterocycles. The molecule has 0 unspecified atom stereocenters. The number of nitrogens with zero attached hydrogens (tertiary/aromatic N) is 9. The fourth-order valence-electron chi connectivity index (χ4n) is 4.34. The van der Waals surface area contributed by atoms with Crippen molar-refractivity contribution in [3.8, 4) is 11.4 Å². The van der Waals surface area contributed by atoms with Gasteiger partial charge >= 0.3 is 0 Å². The van der Waals surface area contributed by atoms with Gasteiger partial charge in [-0.25, -0.2) is 14.6 Å². The van der Waals surface area contributed by atoms with Crippen LogP contribution < -0.4 is 15.6 Å². The Morgan fingerprint density at radius 2 is 1.82 bits per heavy atom. The van der Waals surface area contributed by atoms with Crippen molar-refractivity contribution in [1.82, 2.24) is 44.5 Å². The van der Waals surface area contributed by atoms with E-state index in [0.29, 0.717) is 31.1 Å². The average molecular weight is 521 g/mol. The maximum absolute atomic E-state index is 12.0. The summed E-state index contributed by atoms with van der Waals surface area (Å²) in [5.74, 6) is 1.39.